The van der Waals surface area contributed by atoms with Crippen molar-refractivity contribution in [3.05, 3.63) is 36.1 Å². The first-order chi connectivity index (χ1) is 6.28. The number of methoxy groups -OCH3 is 2. The molecule has 0 atom stereocenters. The Labute approximate surface area is 80.5 Å². The maximum absolute atomic E-state index is 5.13. The second-order valence-electron chi connectivity index (χ2n) is 2.58. The number of rotatable bonds is 6. The molecule has 74 valence electrons. The normalized spacial score (nSPS) is 12.8. The molecule has 0 heterocycles. The molecule has 0 spiro atoms. The van der Waals surface area contributed by atoms with Crippen LogP contribution < -0.4 is 0 Å². The molecule has 0 radical (unpaired) electrons. The van der Waals surface area contributed by atoms with Crippen LogP contribution in [-0.2, 0) is 9.47 Å². The zero-order chi connectivity index (χ0) is 10.1. The van der Waals surface area contributed by atoms with Crippen LogP contribution in [0.4, 0.5) is 0 Å². The van der Waals surface area contributed by atoms with Crippen molar-refractivity contribution in [1.82, 2.24) is 0 Å². The molecule has 0 aromatic rings. The lowest BCUT2D eigenvalue weighted by Crippen LogP contribution is -1.97. The molecule has 0 saturated heterocycles. The Morgan fingerprint density at radius 3 is 2.46 bits per heavy atom. The first-order valence-corrected chi connectivity index (χ1v) is 4.33. The van der Waals surface area contributed by atoms with Gasteiger partial charge in [0.15, 0.2) is 0 Å². The summed E-state index contributed by atoms with van der Waals surface area (Å²) in [7, 11) is 3.29. The van der Waals surface area contributed by atoms with E-state index in [1.165, 1.54) is 5.57 Å². The van der Waals surface area contributed by atoms with Gasteiger partial charge in [-0.1, -0.05) is 25.7 Å². The van der Waals surface area contributed by atoms with Crippen molar-refractivity contribution >= 4 is 0 Å². The van der Waals surface area contributed by atoms with E-state index in [4.69, 9.17) is 9.47 Å². The third-order valence-electron chi connectivity index (χ3n) is 1.64. The van der Waals surface area contributed by atoms with Crippen LogP contribution in [0.2, 0.25) is 0 Å². The number of allylic oxidation sites excluding steroid dienone is 4. The lowest BCUT2D eigenvalue weighted by molar-refractivity contribution is 0.159. The summed E-state index contributed by atoms with van der Waals surface area (Å²) in [6, 6.07) is 0. The first-order valence-electron chi connectivity index (χ1n) is 4.33. The second-order valence-corrected chi connectivity index (χ2v) is 2.58. The van der Waals surface area contributed by atoms with E-state index in [0.717, 1.165) is 12.2 Å². The molecule has 0 aliphatic carbocycles. The highest BCUT2D eigenvalue weighted by atomic mass is 16.5. The molecule has 0 fully saturated rings. The predicted molar refractivity (Wildman–Crippen MR) is 55.5 cm³/mol. The van der Waals surface area contributed by atoms with Crippen molar-refractivity contribution in [3.63, 3.8) is 0 Å². The van der Waals surface area contributed by atoms with Gasteiger partial charge in [-0.3, -0.25) is 0 Å². The Kier molecular flexibility index (Phi) is 7.02. The van der Waals surface area contributed by atoms with Crippen LogP contribution >= 0.6 is 0 Å². The highest BCUT2D eigenvalue weighted by molar-refractivity contribution is 5.24. The Morgan fingerprint density at radius 2 is 2.08 bits per heavy atom. The van der Waals surface area contributed by atoms with Crippen LogP contribution in [-0.4, -0.2) is 20.8 Å². The van der Waals surface area contributed by atoms with Crippen LogP contribution in [0.5, 0.6) is 0 Å². The van der Waals surface area contributed by atoms with Crippen molar-refractivity contribution in [2.45, 2.75) is 13.3 Å². The third-order valence-corrected chi connectivity index (χ3v) is 1.64. The maximum Gasteiger partial charge on any atom is 0.121 e. The van der Waals surface area contributed by atoms with Gasteiger partial charge in [-0.25, -0.2) is 0 Å². The summed E-state index contributed by atoms with van der Waals surface area (Å²) >= 11 is 0. The molecule has 0 aliphatic heterocycles. The Bertz CT molecular complexity index is 202. The van der Waals surface area contributed by atoms with Crippen LogP contribution in [0, 0.1) is 0 Å². The summed E-state index contributed by atoms with van der Waals surface area (Å²) in [5.74, 6) is 0.831. The summed E-state index contributed by atoms with van der Waals surface area (Å²) in [5.41, 5.74) is 1.18. The second kappa shape index (κ2) is 7.62. The van der Waals surface area contributed by atoms with Gasteiger partial charge < -0.3 is 9.47 Å². The van der Waals surface area contributed by atoms with Crippen LogP contribution in [0.15, 0.2) is 36.1 Å². The van der Waals surface area contributed by atoms with Crippen molar-refractivity contribution in [2.75, 3.05) is 20.8 Å². The minimum absolute atomic E-state index is 0.505. The number of hydrogen-bond acceptors (Lipinski definition) is 2. The Balaban J connectivity index is 4.43. The fraction of sp³-hybridized carbons (Fsp3) is 0.455. The first kappa shape index (κ1) is 12.0. The summed E-state index contributed by atoms with van der Waals surface area (Å²) in [4.78, 5) is 0. The number of hydrogen-bond donors (Lipinski definition) is 0. The van der Waals surface area contributed by atoms with E-state index < -0.39 is 0 Å². The van der Waals surface area contributed by atoms with Crippen molar-refractivity contribution < 1.29 is 9.47 Å². The van der Waals surface area contributed by atoms with Crippen molar-refractivity contribution in [3.8, 4) is 0 Å². The molecule has 0 bridgehead atoms. The molecule has 0 rings (SSSR count). The van der Waals surface area contributed by atoms with E-state index >= 15 is 0 Å². The summed E-state index contributed by atoms with van der Waals surface area (Å²) in [5, 5.41) is 0. The third kappa shape index (κ3) is 5.26. The van der Waals surface area contributed by atoms with Gasteiger partial charge in [-0.05, 0) is 18.1 Å². The van der Waals surface area contributed by atoms with E-state index in [2.05, 4.69) is 13.5 Å². The largest absolute Gasteiger partial charge is 0.499 e. The summed E-state index contributed by atoms with van der Waals surface area (Å²) in [6.07, 6.45) is 6.68. The van der Waals surface area contributed by atoms with Gasteiger partial charge in [0.05, 0.1) is 7.11 Å². The average Bonchev–Trinajstić information content (AvgIpc) is 2.16. The molecule has 0 amide bonds. The quantitative estimate of drug-likeness (QED) is 0.464. The van der Waals surface area contributed by atoms with E-state index in [1.807, 2.05) is 12.2 Å². The van der Waals surface area contributed by atoms with E-state index in [9.17, 15) is 0 Å². The fourth-order valence-corrected chi connectivity index (χ4v) is 0.928. The van der Waals surface area contributed by atoms with Crippen molar-refractivity contribution in [2.24, 2.45) is 0 Å². The number of ether oxygens (including phenoxy) is 2. The molecule has 2 heteroatoms. The molecule has 0 N–H and O–H groups in total. The molecule has 0 unspecified atom stereocenters. The van der Waals surface area contributed by atoms with Crippen LogP contribution in [0.3, 0.4) is 0 Å². The lowest BCUT2D eigenvalue weighted by atomic mass is 10.1. The minimum atomic E-state index is 0.505. The molecular weight excluding hydrogens is 164 g/mol. The molecule has 13 heavy (non-hydrogen) atoms. The highest BCUT2D eigenvalue weighted by Crippen LogP contribution is 2.07. The minimum Gasteiger partial charge on any atom is -0.499 e. The van der Waals surface area contributed by atoms with Gasteiger partial charge in [0, 0.05) is 7.11 Å². The Morgan fingerprint density at radius 1 is 1.38 bits per heavy atom. The molecule has 0 aromatic carbocycles. The zero-order valence-corrected chi connectivity index (χ0v) is 8.67. The van der Waals surface area contributed by atoms with Crippen LogP contribution in [0.25, 0.3) is 0 Å². The summed E-state index contributed by atoms with van der Waals surface area (Å²) in [6.45, 7) is 6.24. The van der Waals surface area contributed by atoms with Crippen LogP contribution in [0.1, 0.15) is 13.3 Å². The SMILES string of the molecule is C=C/C=C(\C=C(/COC)OC)CC. The van der Waals surface area contributed by atoms with Gasteiger partial charge in [0.1, 0.15) is 12.4 Å². The standard InChI is InChI=1S/C11H18O2/c1-5-7-10(6-2)8-11(13-4)9-12-3/h5,7-8H,1,6,9H2,2-4H3/b10-7-,11-8+. The van der Waals surface area contributed by atoms with E-state index in [1.54, 1.807) is 20.3 Å². The molecule has 0 aliphatic rings. The maximum atomic E-state index is 5.13. The van der Waals surface area contributed by atoms with Crippen molar-refractivity contribution in [1.29, 1.82) is 0 Å². The lowest BCUT2D eigenvalue weighted by Gasteiger charge is -2.05. The molecule has 2 nitrogen and oxygen atoms in total. The van der Waals surface area contributed by atoms with Gasteiger partial charge in [0.2, 0.25) is 0 Å². The average molecular weight is 182 g/mol. The van der Waals surface area contributed by atoms with E-state index in [-0.39, 0.29) is 0 Å². The molecule has 0 aromatic heterocycles. The predicted octanol–water partition coefficient (Wildman–Crippen LogP) is 2.69. The molecule has 0 saturated carbocycles. The summed E-state index contributed by atoms with van der Waals surface area (Å²) < 4.78 is 10.1. The zero-order valence-electron chi connectivity index (χ0n) is 8.67. The molecular formula is C11H18O2. The van der Waals surface area contributed by atoms with E-state index in [0.29, 0.717) is 6.61 Å². The van der Waals surface area contributed by atoms with Gasteiger partial charge >= 0.3 is 0 Å². The van der Waals surface area contributed by atoms with Gasteiger partial charge in [0.25, 0.3) is 0 Å². The Hall–Kier alpha value is -1.02. The topological polar surface area (TPSA) is 18.5 Å². The van der Waals surface area contributed by atoms with Gasteiger partial charge in [-0.15, -0.1) is 0 Å². The smallest absolute Gasteiger partial charge is 0.121 e. The van der Waals surface area contributed by atoms with Gasteiger partial charge in [-0.2, -0.15) is 0 Å². The monoisotopic (exact) mass is 182 g/mol. The highest BCUT2D eigenvalue weighted by Gasteiger charge is 1.96. The fourth-order valence-electron chi connectivity index (χ4n) is 0.928.